The van der Waals surface area contributed by atoms with Gasteiger partial charge in [0.05, 0.1) is 6.21 Å². The van der Waals surface area contributed by atoms with E-state index in [1.165, 1.54) is 0 Å². The number of nitrogens with zero attached hydrogens (tertiary/aromatic N) is 1. The van der Waals surface area contributed by atoms with Crippen LogP contribution >= 0.6 is 0 Å². The minimum atomic E-state index is -0.312. The number of benzene rings is 2. The lowest BCUT2D eigenvalue weighted by Crippen LogP contribution is -2.25. The van der Waals surface area contributed by atoms with E-state index in [0.717, 1.165) is 28.2 Å². The van der Waals surface area contributed by atoms with Crippen molar-refractivity contribution in [2.24, 2.45) is 5.10 Å². The number of hydrogen-bond acceptors (Lipinski definition) is 4. The van der Waals surface area contributed by atoms with E-state index in [1.54, 1.807) is 12.3 Å². The van der Waals surface area contributed by atoms with Gasteiger partial charge < -0.3 is 9.47 Å². The maximum absolute atomic E-state index is 12.0. The van der Waals surface area contributed by atoms with Gasteiger partial charge in [-0.3, -0.25) is 4.79 Å². The highest BCUT2D eigenvalue weighted by Crippen LogP contribution is 2.27. The van der Waals surface area contributed by atoms with Gasteiger partial charge in [0.15, 0.2) is 6.61 Å². The highest BCUT2D eigenvalue weighted by molar-refractivity contribution is 5.83. The Morgan fingerprint density at radius 2 is 1.93 bits per heavy atom. The summed E-state index contributed by atoms with van der Waals surface area (Å²) in [4.78, 5) is 12.0. The second-order valence-electron chi connectivity index (χ2n) is 6.45. The molecule has 0 aromatic heterocycles. The molecular formula is C22H26N2O3. The number of ether oxygens (including phenoxy) is 2. The number of rotatable bonds is 9. The maximum Gasteiger partial charge on any atom is 0.277 e. The SMILES string of the molecule is C=CCOc1ccc(/C=N\NC(=O)COc2cc(C)ccc2C(C)C)cc1. The zero-order valence-electron chi connectivity index (χ0n) is 16.1. The molecule has 0 saturated carbocycles. The Kier molecular flexibility index (Phi) is 7.62. The first-order chi connectivity index (χ1) is 13.0. The Hall–Kier alpha value is -3.08. The number of nitrogens with one attached hydrogen (secondary N) is 1. The molecule has 0 fully saturated rings. The zero-order valence-corrected chi connectivity index (χ0v) is 16.1. The van der Waals surface area contributed by atoms with E-state index in [0.29, 0.717) is 12.5 Å². The molecule has 5 heteroatoms. The van der Waals surface area contributed by atoms with Gasteiger partial charge >= 0.3 is 0 Å². The molecule has 5 nitrogen and oxygen atoms in total. The largest absolute Gasteiger partial charge is 0.490 e. The van der Waals surface area contributed by atoms with Crippen LogP contribution in [0, 0.1) is 6.92 Å². The van der Waals surface area contributed by atoms with E-state index in [9.17, 15) is 4.79 Å². The fourth-order valence-electron chi connectivity index (χ4n) is 2.40. The fourth-order valence-corrected chi connectivity index (χ4v) is 2.40. The van der Waals surface area contributed by atoms with Crippen molar-refractivity contribution in [2.45, 2.75) is 26.7 Å². The summed E-state index contributed by atoms with van der Waals surface area (Å²) >= 11 is 0. The van der Waals surface area contributed by atoms with Gasteiger partial charge in [0, 0.05) is 0 Å². The second kappa shape index (κ2) is 10.2. The average molecular weight is 366 g/mol. The van der Waals surface area contributed by atoms with Crippen LogP contribution in [0.5, 0.6) is 11.5 Å². The van der Waals surface area contributed by atoms with Crippen LogP contribution in [0.3, 0.4) is 0 Å². The fraction of sp³-hybridized carbons (Fsp3) is 0.273. The average Bonchev–Trinajstić information content (AvgIpc) is 2.65. The Morgan fingerprint density at radius 1 is 1.19 bits per heavy atom. The lowest BCUT2D eigenvalue weighted by atomic mass is 10.0. The number of aryl methyl sites for hydroxylation is 1. The first kappa shape index (κ1) is 20.2. The van der Waals surface area contributed by atoms with Crippen LogP contribution in [-0.2, 0) is 4.79 Å². The predicted molar refractivity (Wildman–Crippen MR) is 109 cm³/mol. The molecule has 142 valence electrons. The van der Waals surface area contributed by atoms with E-state index >= 15 is 0 Å². The molecule has 1 amide bonds. The third kappa shape index (κ3) is 6.62. The third-order valence-corrected chi connectivity index (χ3v) is 3.80. The maximum atomic E-state index is 12.0. The Balaban J connectivity index is 1.85. The molecule has 0 spiro atoms. The minimum Gasteiger partial charge on any atom is -0.490 e. The standard InChI is InChI=1S/C22H26N2O3/c1-5-12-26-19-9-7-18(8-10-19)14-23-24-22(25)15-27-21-13-17(4)6-11-20(21)16(2)3/h5-11,13-14,16H,1,12,15H2,2-4H3,(H,24,25)/b23-14-. The summed E-state index contributed by atoms with van der Waals surface area (Å²) < 4.78 is 11.1. The molecule has 2 aromatic carbocycles. The van der Waals surface area contributed by atoms with Gasteiger partial charge in [0.25, 0.3) is 5.91 Å². The van der Waals surface area contributed by atoms with Gasteiger partial charge in [-0.25, -0.2) is 5.43 Å². The molecule has 2 aromatic rings. The molecule has 0 aliphatic carbocycles. The van der Waals surface area contributed by atoms with E-state index in [2.05, 4.69) is 31.0 Å². The number of hydrazone groups is 1. The molecule has 0 aliphatic rings. The van der Waals surface area contributed by atoms with Crippen LogP contribution < -0.4 is 14.9 Å². The normalized spacial score (nSPS) is 10.8. The van der Waals surface area contributed by atoms with Gasteiger partial charge in [-0.15, -0.1) is 0 Å². The van der Waals surface area contributed by atoms with Crippen LogP contribution in [0.1, 0.15) is 36.5 Å². The molecule has 0 atom stereocenters. The summed E-state index contributed by atoms with van der Waals surface area (Å²) in [5, 5.41) is 3.96. The van der Waals surface area contributed by atoms with Crippen molar-refractivity contribution >= 4 is 12.1 Å². The molecule has 0 bridgehead atoms. The quantitative estimate of drug-likeness (QED) is 0.411. The Morgan fingerprint density at radius 3 is 2.59 bits per heavy atom. The van der Waals surface area contributed by atoms with Crippen molar-refractivity contribution in [1.29, 1.82) is 0 Å². The molecule has 1 N–H and O–H groups in total. The predicted octanol–water partition coefficient (Wildman–Crippen LogP) is 4.21. The van der Waals surface area contributed by atoms with Crippen molar-refractivity contribution in [3.8, 4) is 11.5 Å². The van der Waals surface area contributed by atoms with Crippen molar-refractivity contribution < 1.29 is 14.3 Å². The summed E-state index contributed by atoms with van der Waals surface area (Å²) in [5.74, 6) is 1.50. The van der Waals surface area contributed by atoms with Crippen LogP contribution in [0.2, 0.25) is 0 Å². The highest BCUT2D eigenvalue weighted by Gasteiger charge is 2.10. The molecule has 2 rings (SSSR count). The molecule has 0 unspecified atom stereocenters. The number of hydrogen-bond donors (Lipinski definition) is 1. The van der Waals surface area contributed by atoms with E-state index in [-0.39, 0.29) is 12.5 Å². The van der Waals surface area contributed by atoms with Gasteiger partial charge in [0.2, 0.25) is 0 Å². The zero-order chi connectivity index (χ0) is 19.6. The molecule has 0 saturated heterocycles. The minimum absolute atomic E-state index is 0.0884. The van der Waals surface area contributed by atoms with Crippen LogP contribution in [0.15, 0.2) is 60.2 Å². The number of amides is 1. The summed E-state index contributed by atoms with van der Waals surface area (Å²) in [6.45, 7) is 10.2. The summed E-state index contributed by atoms with van der Waals surface area (Å²) in [6, 6.07) is 13.4. The Labute approximate surface area is 160 Å². The molecule has 0 aliphatic heterocycles. The molecule has 0 radical (unpaired) electrons. The van der Waals surface area contributed by atoms with E-state index in [4.69, 9.17) is 9.47 Å². The summed E-state index contributed by atoms with van der Waals surface area (Å²) in [6.07, 6.45) is 3.26. The van der Waals surface area contributed by atoms with E-state index in [1.807, 2.05) is 49.4 Å². The molecule has 0 heterocycles. The van der Waals surface area contributed by atoms with Gasteiger partial charge in [-0.05, 0) is 59.9 Å². The second-order valence-corrected chi connectivity index (χ2v) is 6.45. The van der Waals surface area contributed by atoms with Crippen molar-refractivity contribution in [1.82, 2.24) is 5.43 Å². The molecular weight excluding hydrogens is 340 g/mol. The van der Waals surface area contributed by atoms with Gasteiger partial charge in [0.1, 0.15) is 18.1 Å². The Bertz CT molecular complexity index is 796. The van der Waals surface area contributed by atoms with Crippen LogP contribution in [0.25, 0.3) is 0 Å². The third-order valence-electron chi connectivity index (χ3n) is 3.80. The van der Waals surface area contributed by atoms with Crippen molar-refractivity contribution in [3.05, 3.63) is 71.8 Å². The van der Waals surface area contributed by atoms with Gasteiger partial charge in [-0.1, -0.05) is 38.6 Å². The number of carbonyl (C=O) groups is 1. The smallest absolute Gasteiger partial charge is 0.277 e. The number of carbonyl (C=O) groups excluding carboxylic acids is 1. The first-order valence-corrected chi connectivity index (χ1v) is 8.88. The van der Waals surface area contributed by atoms with Crippen molar-refractivity contribution in [3.63, 3.8) is 0 Å². The monoisotopic (exact) mass is 366 g/mol. The highest BCUT2D eigenvalue weighted by atomic mass is 16.5. The van der Waals surface area contributed by atoms with Crippen LogP contribution in [0.4, 0.5) is 0 Å². The molecule has 27 heavy (non-hydrogen) atoms. The van der Waals surface area contributed by atoms with E-state index < -0.39 is 0 Å². The summed E-state index contributed by atoms with van der Waals surface area (Å²) in [7, 11) is 0. The van der Waals surface area contributed by atoms with Gasteiger partial charge in [-0.2, -0.15) is 5.10 Å². The first-order valence-electron chi connectivity index (χ1n) is 8.88. The topological polar surface area (TPSA) is 59.9 Å². The lowest BCUT2D eigenvalue weighted by molar-refractivity contribution is -0.123. The van der Waals surface area contributed by atoms with Crippen molar-refractivity contribution in [2.75, 3.05) is 13.2 Å². The lowest BCUT2D eigenvalue weighted by Gasteiger charge is -2.14. The van der Waals surface area contributed by atoms with Crippen LogP contribution in [-0.4, -0.2) is 25.3 Å². The summed E-state index contributed by atoms with van der Waals surface area (Å²) in [5.41, 5.74) is 5.49.